The molecular weight excluding hydrogens is 200 g/mol. The maximum Gasteiger partial charge on any atom is 0.229 e. The first-order valence-electron chi connectivity index (χ1n) is 3.23. The number of rotatable bonds is 2. The molecule has 0 amide bonds. The number of nitrogens with one attached hydrogen (secondary N) is 1. The molecule has 0 spiro atoms. The molecule has 1 aromatic carbocycles. The lowest BCUT2D eigenvalue weighted by molar-refractivity contribution is 0.580. The Morgan fingerprint density at radius 3 is 2.15 bits per heavy atom. The average Bonchev–Trinajstić information content (AvgIpc) is 1.78. The van der Waals surface area contributed by atoms with Crippen LogP contribution < -0.4 is 4.72 Å². The minimum absolute atomic E-state index is 0.156. The number of anilines is 1. The highest BCUT2D eigenvalue weighted by Crippen LogP contribution is 2.12. The van der Waals surface area contributed by atoms with Gasteiger partial charge in [-0.3, -0.25) is 4.72 Å². The zero-order valence-electron chi connectivity index (χ0n) is 6.64. The van der Waals surface area contributed by atoms with Gasteiger partial charge >= 0.3 is 0 Å². The molecule has 13 heavy (non-hydrogen) atoms. The van der Waals surface area contributed by atoms with Crippen molar-refractivity contribution in [2.75, 3.05) is 11.0 Å². The van der Waals surface area contributed by atoms with Crippen LogP contribution in [0.5, 0.6) is 0 Å². The van der Waals surface area contributed by atoms with E-state index in [1.165, 1.54) is 0 Å². The first-order chi connectivity index (χ1) is 5.87. The van der Waals surface area contributed by atoms with Gasteiger partial charge in [-0.1, -0.05) is 0 Å². The van der Waals surface area contributed by atoms with Crippen LogP contribution in [0.25, 0.3) is 0 Å². The molecule has 1 N–H and O–H groups in total. The molecule has 0 fully saturated rings. The average molecular weight is 206 g/mol. The Labute approximate surface area is 74.4 Å². The molecule has 6 heteroatoms. The normalized spacial score (nSPS) is 11.3. The van der Waals surface area contributed by atoms with E-state index in [1.807, 2.05) is 4.72 Å². The van der Waals surface area contributed by atoms with Crippen LogP contribution in [-0.2, 0) is 10.0 Å². The van der Waals surface area contributed by atoms with Crippen LogP contribution >= 0.6 is 0 Å². The predicted octanol–water partition coefficient (Wildman–Crippen LogP) is 1.14. The lowest BCUT2D eigenvalue weighted by Crippen LogP contribution is -2.09. The molecule has 0 aliphatic carbocycles. The van der Waals surface area contributed by atoms with Crippen molar-refractivity contribution in [1.82, 2.24) is 0 Å². The highest BCUT2D eigenvalue weighted by Gasteiger charge is 2.05. The molecule has 0 saturated heterocycles. The summed E-state index contributed by atoms with van der Waals surface area (Å²) in [4.78, 5) is 0. The Hall–Kier alpha value is -1.17. The van der Waals surface area contributed by atoms with E-state index in [2.05, 4.69) is 0 Å². The second kappa shape index (κ2) is 3.29. The molecule has 71 valence electrons. The predicted molar refractivity (Wildman–Crippen MR) is 43.7 cm³/mol. The van der Waals surface area contributed by atoms with Crippen LogP contribution in [0.15, 0.2) is 12.1 Å². The maximum atomic E-state index is 12.5. The van der Waals surface area contributed by atoms with Crippen molar-refractivity contribution in [2.24, 2.45) is 0 Å². The molecule has 0 saturated carbocycles. The number of halogens is 2. The molecule has 0 aliphatic rings. The Morgan fingerprint density at radius 2 is 1.77 bits per heavy atom. The van der Waals surface area contributed by atoms with Gasteiger partial charge in [0.2, 0.25) is 10.0 Å². The van der Waals surface area contributed by atoms with E-state index >= 15 is 0 Å². The van der Waals surface area contributed by atoms with Gasteiger partial charge < -0.3 is 0 Å². The van der Waals surface area contributed by atoms with Crippen molar-refractivity contribution >= 4 is 15.7 Å². The molecule has 0 atom stereocenters. The van der Waals surface area contributed by atoms with Gasteiger partial charge in [-0.2, -0.15) is 0 Å². The second-order valence-corrected chi connectivity index (χ2v) is 4.19. The largest absolute Gasteiger partial charge is 0.284 e. The quantitative estimate of drug-likeness (QED) is 0.788. The molecule has 1 aromatic rings. The monoisotopic (exact) mass is 206 g/mol. The minimum Gasteiger partial charge on any atom is -0.284 e. The van der Waals surface area contributed by atoms with Gasteiger partial charge in [0.15, 0.2) is 0 Å². The SMILES string of the molecule is CS(=O)(=O)Nc1cc(F)[c]c(F)c1. The fourth-order valence-corrected chi connectivity index (χ4v) is 1.32. The lowest BCUT2D eigenvalue weighted by atomic mass is 10.3. The van der Waals surface area contributed by atoms with E-state index in [0.717, 1.165) is 18.4 Å². The fourth-order valence-electron chi connectivity index (χ4n) is 0.774. The van der Waals surface area contributed by atoms with Crippen molar-refractivity contribution in [3.8, 4) is 0 Å². The first-order valence-corrected chi connectivity index (χ1v) is 5.12. The summed E-state index contributed by atoms with van der Waals surface area (Å²) in [6.07, 6.45) is 0.888. The third-order valence-corrected chi connectivity index (χ3v) is 1.71. The fraction of sp³-hybridized carbons (Fsp3) is 0.143. The molecule has 0 bridgehead atoms. The summed E-state index contributed by atoms with van der Waals surface area (Å²) < 4.78 is 48.2. The Bertz CT molecular complexity index is 396. The van der Waals surface area contributed by atoms with Crippen molar-refractivity contribution in [2.45, 2.75) is 0 Å². The van der Waals surface area contributed by atoms with Crippen LogP contribution in [-0.4, -0.2) is 14.7 Å². The summed E-state index contributed by atoms with van der Waals surface area (Å²) in [7, 11) is -3.51. The zero-order chi connectivity index (χ0) is 10.1. The minimum atomic E-state index is -3.51. The zero-order valence-corrected chi connectivity index (χ0v) is 7.45. The van der Waals surface area contributed by atoms with Gasteiger partial charge in [-0.05, 0) is 12.1 Å². The van der Waals surface area contributed by atoms with Crippen molar-refractivity contribution in [3.05, 3.63) is 29.8 Å². The van der Waals surface area contributed by atoms with E-state index in [4.69, 9.17) is 0 Å². The van der Waals surface area contributed by atoms with Gasteiger partial charge in [0.25, 0.3) is 0 Å². The second-order valence-electron chi connectivity index (χ2n) is 2.44. The van der Waals surface area contributed by atoms with Crippen molar-refractivity contribution in [3.63, 3.8) is 0 Å². The van der Waals surface area contributed by atoms with E-state index < -0.39 is 21.7 Å². The topological polar surface area (TPSA) is 46.2 Å². The number of benzene rings is 1. The Balaban J connectivity index is 3.03. The maximum absolute atomic E-state index is 12.5. The molecule has 1 radical (unpaired) electrons. The Kier molecular flexibility index (Phi) is 2.51. The summed E-state index contributed by atoms with van der Waals surface area (Å²) in [5, 5.41) is 0. The third-order valence-electron chi connectivity index (χ3n) is 1.11. The van der Waals surface area contributed by atoms with Crippen LogP contribution in [0.2, 0.25) is 0 Å². The van der Waals surface area contributed by atoms with E-state index in [9.17, 15) is 17.2 Å². The number of sulfonamides is 1. The van der Waals surface area contributed by atoms with Gasteiger partial charge in [0, 0.05) is 0 Å². The number of hydrogen-bond donors (Lipinski definition) is 1. The Morgan fingerprint density at radius 1 is 1.31 bits per heavy atom. The summed E-state index contributed by atoms with van der Waals surface area (Å²) >= 11 is 0. The molecular formula is C7H6F2NO2S. The lowest BCUT2D eigenvalue weighted by Gasteiger charge is -2.02. The number of hydrogen-bond acceptors (Lipinski definition) is 2. The summed E-state index contributed by atoms with van der Waals surface area (Å²) in [6.45, 7) is 0. The van der Waals surface area contributed by atoms with Gasteiger partial charge in [-0.15, -0.1) is 0 Å². The third kappa shape index (κ3) is 3.37. The van der Waals surface area contributed by atoms with Crippen LogP contribution in [0.3, 0.4) is 0 Å². The molecule has 0 aromatic heterocycles. The summed E-state index contributed by atoms with van der Waals surface area (Å²) in [5.41, 5.74) is -0.156. The van der Waals surface area contributed by atoms with Crippen molar-refractivity contribution in [1.29, 1.82) is 0 Å². The van der Waals surface area contributed by atoms with E-state index in [1.54, 1.807) is 6.07 Å². The van der Waals surface area contributed by atoms with E-state index in [0.29, 0.717) is 0 Å². The summed E-state index contributed by atoms with van der Waals surface area (Å²) in [6, 6.07) is 3.40. The van der Waals surface area contributed by atoms with Gasteiger partial charge in [0.05, 0.1) is 18.0 Å². The van der Waals surface area contributed by atoms with Crippen LogP contribution in [0.1, 0.15) is 0 Å². The smallest absolute Gasteiger partial charge is 0.229 e. The molecule has 1 rings (SSSR count). The van der Waals surface area contributed by atoms with Crippen LogP contribution in [0, 0.1) is 17.7 Å². The van der Waals surface area contributed by atoms with Gasteiger partial charge in [0.1, 0.15) is 11.6 Å². The highest BCUT2D eigenvalue weighted by molar-refractivity contribution is 7.92. The summed E-state index contributed by atoms with van der Waals surface area (Å²) in [5.74, 6) is -1.91. The van der Waals surface area contributed by atoms with Crippen LogP contribution in [0.4, 0.5) is 14.5 Å². The van der Waals surface area contributed by atoms with Crippen molar-refractivity contribution < 1.29 is 17.2 Å². The van der Waals surface area contributed by atoms with Gasteiger partial charge in [-0.25, -0.2) is 17.2 Å². The standard InChI is InChI=1S/C7H6F2NO2S/c1-13(11,12)10-7-3-5(8)2-6(9)4-7/h3-4,10H,1H3. The molecule has 3 nitrogen and oxygen atoms in total. The first kappa shape index (κ1) is 9.91. The van der Waals surface area contributed by atoms with E-state index in [-0.39, 0.29) is 5.69 Å². The molecule has 0 aliphatic heterocycles. The molecule has 0 unspecified atom stereocenters. The highest BCUT2D eigenvalue weighted by atomic mass is 32.2. The molecule has 0 heterocycles.